The molecule has 0 bridgehead atoms. The molecule has 5 heteroatoms. The number of para-hydroxylation sites is 2. The molecule has 0 radical (unpaired) electrons. The first-order chi connectivity index (χ1) is 10.2. The van der Waals surface area contributed by atoms with Gasteiger partial charge in [-0.25, -0.2) is 4.98 Å². The van der Waals surface area contributed by atoms with E-state index < -0.39 is 0 Å². The summed E-state index contributed by atoms with van der Waals surface area (Å²) in [6, 6.07) is 11.6. The van der Waals surface area contributed by atoms with E-state index in [0.29, 0.717) is 12.4 Å². The van der Waals surface area contributed by atoms with Crippen molar-refractivity contribution >= 4 is 5.82 Å². The van der Waals surface area contributed by atoms with Crippen LogP contribution in [0.1, 0.15) is 5.56 Å². The van der Waals surface area contributed by atoms with Crippen molar-refractivity contribution in [2.45, 2.75) is 12.6 Å². The van der Waals surface area contributed by atoms with Gasteiger partial charge in [0.2, 0.25) is 0 Å². The monoisotopic (exact) mass is 285 g/mol. The van der Waals surface area contributed by atoms with Crippen molar-refractivity contribution in [2.75, 3.05) is 25.9 Å². The normalized spacial score (nSPS) is 17.0. The second-order valence-corrected chi connectivity index (χ2v) is 5.28. The van der Waals surface area contributed by atoms with E-state index in [4.69, 9.17) is 15.2 Å². The molecule has 0 fully saturated rings. The Bertz CT molecular complexity index is 618. The van der Waals surface area contributed by atoms with Crippen LogP contribution in [0, 0.1) is 0 Å². The molecule has 1 unspecified atom stereocenters. The molecule has 1 atom stereocenters. The molecule has 3 rings (SSSR count). The van der Waals surface area contributed by atoms with Crippen molar-refractivity contribution in [1.29, 1.82) is 0 Å². The Kier molecular flexibility index (Phi) is 3.92. The fraction of sp³-hybridized carbons (Fsp3) is 0.312. The van der Waals surface area contributed by atoms with E-state index in [9.17, 15) is 0 Å². The number of ether oxygens (including phenoxy) is 2. The number of nitrogen functional groups attached to an aromatic ring is 1. The zero-order chi connectivity index (χ0) is 14.7. The van der Waals surface area contributed by atoms with Crippen LogP contribution in [0.15, 0.2) is 42.6 Å². The summed E-state index contributed by atoms with van der Waals surface area (Å²) in [5, 5.41) is 0. The van der Waals surface area contributed by atoms with Crippen LogP contribution in [0.2, 0.25) is 0 Å². The lowest BCUT2D eigenvalue weighted by Crippen LogP contribution is -2.39. The van der Waals surface area contributed by atoms with Crippen molar-refractivity contribution in [2.24, 2.45) is 0 Å². The van der Waals surface area contributed by atoms with E-state index in [1.54, 1.807) is 6.20 Å². The Hall–Kier alpha value is -2.27. The maximum Gasteiger partial charge on any atom is 0.161 e. The van der Waals surface area contributed by atoms with Gasteiger partial charge in [-0.15, -0.1) is 0 Å². The predicted molar refractivity (Wildman–Crippen MR) is 81.3 cm³/mol. The summed E-state index contributed by atoms with van der Waals surface area (Å²) in [6.45, 7) is 2.16. The number of aromatic nitrogens is 1. The molecule has 2 N–H and O–H groups in total. The minimum atomic E-state index is 0.0316. The van der Waals surface area contributed by atoms with Gasteiger partial charge in [0.15, 0.2) is 11.5 Å². The van der Waals surface area contributed by atoms with Gasteiger partial charge in [-0.3, -0.25) is 4.90 Å². The lowest BCUT2D eigenvalue weighted by atomic mass is 10.2. The van der Waals surface area contributed by atoms with Crippen molar-refractivity contribution in [3.8, 4) is 11.5 Å². The van der Waals surface area contributed by atoms with Crippen LogP contribution in [0.25, 0.3) is 0 Å². The molecule has 1 aromatic carbocycles. The standard InChI is InChI=1S/C16H19N3O2/c1-19(9-12-6-7-18-16(17)8-12)10-13-11-20-14-4-2-3-5-15(14)21-13/h2-8,13H,9-11H2,1H3,(H2,17,18). The van der Waals surface area contributed by atoms with Crippen molar-refractivity contribution in [1.82, 2.24) is 9.88 Å². The fourth-order valence-corrected chi connectivity index (χ4v) is 2.47. The molecular weight excluding hydrogens is 266 g/mol. The van der Waals surface area contributed by atoms with E-state index in [0.717, 1.165) is 30.2 Å². The number of nitrogens with zero attached hydrogens (tertiary/aromatic N) is 2. The van der Waals surface area contributed by atoms with Gasteiger partial charge in [0.25, 0.3) is 0 Å². The SMILES string of the molecule is CN(Cc1ccnc(N)c1)CC1COc2ccccc2O1. The van der Waals surface area contributed by atoms with E-state index in [-0.39, 0.29) is 6.10 Å². The van der Waals surface area contributed by atoms with Gasteiger partial charge in [0, 0.05) is 19.3 Å². The third-order valence-corrected chi connectivity index (χ3v) is 3.38. The van der Waals surface area contributed by atoms with E-state index >= 15 is 0 Å². The van der Waals surface area contributed by atoms with E-state index in [1.807, 2.05) is 36.4 Å². The molecule has 1 aliphatic rings. The first-order valence-electron chi connectivity index (χ1n) is 6.98. The maximum absolute atomic E-state index is 5.96. The van der Waals surface area contributed by atoms with Crippen LogP contribution in [-0.2, 0) is 6.54 Å². The van der Waals surface area contributed by atoms with Gasteiger partial charge in [-0.2, -0.15) is 0 Å². The number of fused-ring (bicyclic) bond motifs is 1. The first kappa shape index (κ1) is 13.7. The summed E-state index contributed by atoms with van der Waals surface area (Å²) >= 11 is 0. The third-order valence-electron chi connectivity index (χ3n) is 3.38. The zero-order valence-electron chi connectivity index (χ0n) is 12.0. The molecule has 1 aliphatic heterocycles. The number of rotatable bonds is 4. The quantitative estimate of drug-likeness (QED) is 0.930. The Morgan fingerprint density at radius 3 is 2.90 bits per heavy atom. The summed E-state index contributed by atoms with van der Waals surface area (Å²) in [7, 11) is 2.06. The first-order valence-corrected chi connectivity index (χ1v) is 6.98. The van der Waals surface area contributed by atoms with Gasteiger partial charge in [0.1, 0.15) is 18.5 Å². The topological polar surface area (TPSA) is 60.6 Å². The van der Waals surface area contributed by atoms with Crippen molar-refractivity contribution in [3.05, 3.63) is 48.2 Å². The van der Waals surface area contributed by atoms with Crippen LogP contribution < -0.4 is 15.2 Å². The molecule has 21 heavy (non-hydrogen) atoms. The van der Waals surface area contributed by atoms with Crippen molar-refractivity contribution < 1.29 is 9.47 Å². The number of pyridine rings is 1. The molecule has 110 valence electrons. The minimum Gasteiger partial charge on any atom is -0.486 e. The number of nitrogens with two attached hydrogens (primary N) is 1. The van der Waals surface area contributed by atoms with E-state index in [2.05, 4.69) is 16.9 Å². The smallest absolute Gasteiger partial charge is 0.161 e. The van der Waals surface area contributed by atoms with Gasteiger partial charge in [0.05, 0.1) is 0 Å². The highest BCUT2D eigenvalue weighted by Crippen LogP contribution is 2.30. The molecule has 5 nitrogen and oxygen atoms in total. The highest BCUT2D eigenvalue weighted by atomic mass is 16.6. The van der Waals surface area contributed by atoms with Gasteiger partial charge >= 0.3 is 0 Å². The Labute approximate surface area is 124 Å². The summed E-state index contributed by atoms with van der Waals surface area (Å²) in [5.41, 5.74) is 6.84. The largest absolute Gasteiger partial charge is 0.486 e. The Morgan fingerprint density at radius 2 is 2.10 bits per heavy atom. The van der Waals surface area contributed by atoms with Crippen LogP contribution in [0.4, 0.5) is 5.82 Å². The lowest BCUT2D eigenvalue weighted by Gasteiger charge is -2.29. The van der Waals surface area contributed by atoms with Gasteiger partial charge < -0.3 is 15.2 Å². The Morgan fingerprint density at radius 1 is 1.29 bits per heavy atom. The van der Waals surface area contributed by atoms with Crippen molar-refractivity contribution in [3.63, 3.8) is 0 Å². The molecule has 0 amide bonds. The van der Waals surface area contributed by atoms with Crippen LogP contribution >= 0.6 is 0 Å². The van der Waals surface area contributed by atoms with Gasteiger partial charge in [-0.05, 0) is 36.9 Å². The molecular formula is C16H19N3O2. The average Bonchev–Trinajstić information content (AvgIpc) is 2.47. The van der Waals surface area contributed by atoms with E-state index in [1.165, 1.54) is 0 Å². The average molecular weight is 285 g/mol. The predicted octanol–water partition coefficient (Wildman–Crippen LogP) is 1.94. The molecule has 2 aromatic rings. The number of hydrogen-bond donors (Lipinski definition) is 1. The second kappa shape index (κ2) is 6.01. The summed E-state index contributed by atoms with van der Waals surface area (Å²) in [6.07, 6.45) is 1.76. The number of hydrogen-bond acceptors (Lipinski definition) is 5. The molecule has 1 aromatic heterocycles. The number of benzene rings is 1. The Balaban J connectivity index is 1.57. The summed E-state index contributed by atoms with van der Waals surface area (Å²) < 4.78 is 11.7. The number of anilines is 1. The molecule has 0 aliphatic carbocycles. The maximum atomic E-state index is 5.96. The molecule has 0 saturated heterocycles. The minimum absolute atomic E-state index is 0.0316. The fourth-order valence-electron chi connectivity index (χ4n) is 2.47. The number of likely N-dealkylation sites (N-methyl/N-ethyl adjacent to an activating group) is 1. The highest BCUT2D eigenvalue weighted by molar-refractivity contribution is 5.40. The molecule has 0 saturated carbocycles. The zero-order valence-corrected chi connectivity index (χ0v) is 12.0. The van der Waals surface area contributed by atoms with Gasteiger partial charge in [-0.1, -0.05) is 12.1 Å². The summed E-state index contributed by atoms with van der Waals surface area (Å²) in [4.78, 5) is 6.19. The lowest BCUT2D eigenvalue weighted by molar-refractivity contribution is 0.0638. The van der Waals surface area contributed by atoms with Crippen LogP contribution in [-0.4, -0.2) is 36.2 Å². The van der Waals surface area contributed by atoms with Crippen LogP contribution in [0.5, 0.6) is 11.5 Å². The highest BCUT2D eigenvalue weighted by Gasteiger charge is 2.21. The molecule has 0 spiro atoms. The third kappa shape index (κ3) is 3.44. The summed E-state index contributed by atoms with van der Waals surface area (Å²) in [5.74, 6) is 2.18. The second-order valence-electron chi connectivity index (χ2n) is 5.28. The van der Waals surface area contributed by atoms with Crippen LogP contribution in [0.3, 0.4) is 0 Å². The molecule has 2 heterocycles.